The minimum atomic E-state index is 0.414. The minimum absolute atomic E-state index is 0.414. The third-order valence-corrected chi connectivity index (χ3v) is 1.82. The monoisotopic (exact) mass is 215 g/mol. The second-order valence-corrected chi connectivity index (χ2v) is 3.11. The predicted molar refractivity (Wildman–Crippen MR) is 57.5 cm³/mol. The van der Waals surface area contributed by atoms with Crippen LogP contribution in [-0.4, -0.2) is 26.8 Å². The molecule has 0 spiro atoms. The van der Waals surface area contributed by atoms with E-state index in [0.29, 0.717) is 5.22 Å². The van der Waals surface area contributed by atoms with E-state index in [1.54, 1.807) is 13.2 Å². The molecule has 0 aliphatic heterocycles. The highest BCUT2D eigenvalue weighted by molar-refractivity contribution is 6.28. The molecule has 0 unspecified atom stereocenters. The van der Waals surface area contributed by atoms with Crippen molar-refractivity contribution in [3.63, 3.8) is 0 Å². The van der Waals surface area contributed by atoms with Crippen LogP contribution in [0.25, 0.3) is 6.08 Å². The van der Waals surface area contributed by atoms with Gasteiger partial charge < -0.3 is 14.5 Å². The maximum absolute atomic E-state index is 5.61. The first-order valence-electron chi connectivity index (χ1n) is 4.44. The van der Waals surface area contributed by atoms with Gasteiger partial charge in [-0.2, -0.15) is 0 Å². The van der Waals surface area contributed by atoms with Crippen LogP contribution in [0.4, 0.5) is 0 Å². The molecule has 0 saturated heterocycles. The summed E-state index contributed by atoms with van der Waals surface area (Å²) in [7, 11) is 1.68. The Morgan fingerprint density at radius 2 is 2.43 bits per heavy atom. The van der Waals surface area contributed by atoms with Crippen molar-refractivity contribution in [2.75, 3.05) is 26.8 Å². The third kappa shape index (κ3) is 4.46. The van der Waals surface area contributed by atoms with Gasteiger partial charge in [0, 0.05) is 20.2 Å². The number of methoxy groups -OCH3 is 1. The van der Waals surface area contributed by atoms with Crippen molar-refractivity contribution in [1.82, 2.24) is 5.32 Å². The van der Waals surface area contributed by atoms with Gasteiger partial charge in [0.2, 0.25) is 0 Å². The van der Waals surface area contributed by atoms with Gasteiger partial charge in [-0.1, -0.05) is 6.08 Å². The lowest BCUT2D eigenvalue weighted by atomic mass is 10.4. The molecule has 1 N–H and O–H groups in total. The number of nitrogens with one attached hydrogen (secondary N) is 1. The van der Waals surface area contributed by atoms with Crippen molar-refractivity contribution in [1.29, 1.82) is 0 Å². The summed E-state index contributed by atoms with van der Waals surface area (Å²) < 4.78 is 10.0. The average molecular weight is 216 g/mol. The Labute approximate surface area is 88.7 Å². The molecule has 1 heterocycles. The Hall–Kier alpha value is -0.770. The Balaban J connectivity index is 2.15. The summed E-state index contributed by atoms with van der Waals surface area (Å²) in [4.78, 5) is 0. The second kappa shape index (κ2) is 6.65. The van der Waals surface area contributed by atoms with Crippen molar-refractivity contribution in [3.8, 4) is 0 Å². The molecule has 0 saturated carbocycles. The molecule has 0 radical (unpaired) electrons. The molecule has 0 bridgehead atoms. The Morgan fingerprint density at radius 1 is 1.57 bits per heavy atom. The third-order valence-electron chi connectivity index (χ3n) is 1.62. The Kier molecular flexibility index (Phi) is 5.37. The summed E-state index contributed by atoms with van der Waals surface area (Å²) >= 11 is 5.61. The van der Waals surface area contributed by atoms with Gasteiger partial charge in [-0.15, -0.1) is 0 Å². The molecule has 0 fully saturated rings. The SMILES string of the molecule is COCCNCC=Cc1ccc(Cl)o1. The summed E-state index contributed by atoms with van der Waals surface area (Å²) in [6.07, 6.45) is 3.86. The number of rotatable bonds is 6. The summed E-state index contributed by atoms with van der Waals surface area (Å²) in [5.74, 6) is 0.767. The summed E-state index contributed by atoms with van der Waals surface area (Å²) in [5, 5.41) is 3.59. The van der Waals surface area contributed by atoms with Crippen LogP contribution in [0.2, 0.25) is 5.22 Å². The lowest BCUT2D eigenvalue weighted by Crippen LogP contribution is -2.18. The zero-order valence-electron chi connectivity index (χ0n) is 8.13. The van der Waals surface area contributed by atoms with E-state index >= 15 is 0 Å². The molecule has 0 aliphatic rings. The van der Waals surface area contributed by atoms with E-state index in [0.717, 1.165) is 25.5 Å². The van der Waals surface area contributed by atoms with Gasteiger partial charge in [0.1, 0.15) is 5.76 Å². The van der Waals surface area contributed by atoms with Crippen LogP contribution in [0.3, 0.4) is 0 Å². The first-order chi connectivity index (χ1) is 6.83. The Bertz CT molecular complexity index is 283. The second-order valence-electron chi connectivity index (χ2n) is 2.74. The van der Waals surface area contributed by atoms with Gasteiger partial charge in [0.15, 0.2) is 5.22 Å². The highest BCUT2D eigenvalue weighted by Crippen LogP contribution is 2.13. The molecule has 1 aromatic heterocycles. The quantitative estimate of drug-likeness (QED) is 0.739. The normalized spacial score (nSPS) is 11.3. The van der Waals surface area contributed by atoms with Crippen LogP contribution in [0, 0.1) is 0 Å². The van der Waals surface area contributed by atoms with Crippen LogP contribution in [-0.2, 0) is 4.74 Å². The Morgan fingerprint density at radius 3 is 3.07 bits per heavy atom. The summed E-state index contributed by atoms with van der Waals surface area (Å²) in [6, 6.07) is 3.55. The van der Waals surface area contributed by atoms with E-state index in [1.807, 2.05) is 18.2 Å². The fourth-order valence-electron chi connectivity index (χ4n) is 0.953. The number of halogens is 1. The van der Waals surface area contributed by atoms with Crippen LogP contribution in [0.15, 0.2) is 22.6 Å². The molecular weight excluding hydrogens is 202 g/mol. The van der Waals surface area contributed by atoms with E-state index < -0.39 is 0 Å². The first kappa shape index (κ1) is 11.3. The van der Waals surface area contributed by atoms with E-state index in [9.17, 15) is 0 Å². The van der Waals surface area contributed by atoms with Gasteiger partial charge in [-0.25, -0.2) is 0 Å². The number of ether oxygens (including phenoxy) is 1. The molecule has 4 heteroatoms. The van der Waals surface area contributed by atoms with Gasteiger partial charge >= 0.3 is 0 Å². The topological polar surface area (TPSA) is 34.4 Å². The van der Waals surface area contributed by atoms with Gasteiger partial charge in [0.25, 0.3) is 0 Å². The molecule has 1 rings (SSSR count). The van der Waals surface area contributed by atoms with Crippen LogP contribution < -0.4 is 5.32 Å². The van der Waals surface area contributed by atoms with Crippen LogP contribution >= 0.6 is 11.6 Å². The highest BCUT2D eigenvalue weighted by Gasteiger charge is 1.92. The van der Waals surface area contributed by atoms with E-state index in [1.165, 1.54) is 0 Å². The lowest BCUT2D eigenvalue weighted by Gasteiger charge is -1.98. The number of hydrogen-bond acceptors (Lipinski definition) is 3. The summed E-state index contributed by atoms with van der Waals surface area (Å²) in [5.41, 5.74) is 0. The molecule has 0 atom stereocenters. The zero-order valence-corrected chi connectivity index (χ0v) is 8.88. The first-order valence-corrected chi connectivity index (χ1v) is 4.82. The highest BCUT2D eigenvalue weighted by atomic mass is 35.5. The smallest absolute Gasteiger partial charge is 0.193 e. The van der Waals surface area contributed by atoms with Crippen molar-refractivity contribution < 1.29 is 9.15 Å². The zero-order chi connectivity index (χ0) is 10.2. The van der Waals surface area contributed by atoms with Crippen molar-refractivity contribution in [2.45, 2.75) is 0 Å². The molecule has 0 aliphatic carbocycles. The molecule has 1 aromatic rings. The van der Waals surface area contributed by atoms with Gasteiger partial charge in [-0.05, 0) is 29.8 Å². The number of furan rings is 1. The maximum atomic E-state index is 5.61. The fourth-order valence-corrected chi connectivity index (χ4v) is 1.10. The predicted octanol–water partition coefficient (Wildman–Crippen LogP) is 2.18. The molecule has 14 heavy (non-hydrogen) atoms. The lowest BCUT2D eigenvalue weighted by molar-refractivity contribution is 0.200. The maximum Gasteiger partial charge on any atom is 0.193 e. The van der Waals surface area contributed by atoms with Gasteiger partial charge in [0.05, 0.1) is 6.61 Å². The van der Waals surface area contributed by atoms with Crippen LogP contribution in [0.5, 0.6) is 0 Å². The largest absolute Gasteiger partial charge is 0.445 e. The molecule has 78 valence electrons. The van der Waals surface area contributed by atoms with E-state index in [2.05, 4.69) is 5.32 Å². The fraction of sp³-hybridized carbons (Fsp3) is 0.400. The molecular formula is C10H14ClNO2. The van der Waals surface area contributed by atoms with Crippen molar-refractivity contribution in [3.05, 3.63) is 29.2 Å². The molecule has 0 amide bonds. The summed E-state index contributed by atoms with van der Waals surface area (Å²) in [6.45, 7) is 2.36. The van der Waals surface area contributed by atoms with Crippen LogP contribution in [0.1, 0.15) is 5.76 Å². The van der Waals surface area contributed by atoms with E-state index in [-0.39, 0.29) is 0 Å². The standard InChI is InChI=1S/C10H14ClNO2/c1-13-8-7-12-6-2-3-9-4-5-10(11)14-9/h2-5,12H,6-8H2,1H3. The van der Waals surface area contributed by atoms with Crippen molar-refractivity contribution in [2.24, 2.45) is 0 Å². The van der Waals surface area contributed by atoms with Crippen molar-refractivity contribution >= 4 is 17.7 Å². The minimum Gasteiger partial charge on any atom is -0.445 e. The molecule has 3 nitrogen and oxygen atoms in total. The van der Waals surface area contributed by atoms with E-state index in [4.69, 9.17) is 20.8 Å². The van der Waals surface area contributed by atoms with Gasteiger partial charge in [-0.3, -0.25) is 0 Å². The average Bonchev–Trinajstić information content (AvgIpc) is 2.58. The number of hydrogen-bond donors (Lipinski definition) is 1. The molecule has 0 aromatic carbocycles.